The van der Waals surface area contributed by atoms with Crippen molar-refractivity contribution in [3.05, 3.63) is 12.7 Å². The van der Waals surface area contributed by atoms with E-state index in [0.29, 0.717) is 6.54 Å². The molecule has 1 aliphatic rings. The number of hydrogen-bond donors (Lipinski definition) is 1. The molecule has 0 aromatic rings. The van der Waals surface area contributed by atoms with Crippen LogP contribution in [0.3, 0.4) is 0 Å². The number of hydrogen-bond acceptors (Lipinski definition) is 2. The van der Waals surface area contributed by atoms with E-state index < -0.39 is 0 Å². The molecule has 1 heterocycles. The first-order chi connectivity index (χ1) is 6.08. The van der Waals surface area contributed by atoms with Gasteiger partial charge in [0, 0.05) is 26.2 Å². The SMILES string of the molecule is C=CCN1CCNCC(C)(C)C1=O. The highest BCUT2D eigenvalue weighted by atomic mass is 16.2. The first-order valence-electron chi connectivity index (χ1n) is 4.69. The summed E-state index contributed by atoms with van der Waals surface area (Å²) < 4.78 is 0. The maximum absolute atomic E-state index is 11.9. The molecular formula is C10H18N2O. The molecule has 0 aromatic heterocycles. The molecule has 0 unspecified atom stereocenters. The molecule has 1 N–H and O–H groups in total. The summed E-state index contributed by atoms with van der Waals surface area (Å²) in [5, 5.41) is 3.26. The predicted molar refractivity (Wildman–Crippen MR) is 53.4 cm³/mol. The minimum Gasteiger partial charge on any atom is -0.337 e. The van der Waals surface area contributed by atoms with E-state index in [1.165, 1.54) is 0 Å². The van der Waals surface area contributed by atoms with E-state index >= 15 is 0 Å². The predicted octanol–water partition coefficient (Wildman–Crippen LogP) is 0.630. The lowest BCUT2D eigenvalue weighted by Gasteiger charge is -2.27. The van der Waals surface area contributed by atoms with Crippen LogP contribution >= 0.6 is 0 Å². The number of rotatable bonds is 2. The highest BCUT2D eigenvalue weighted by molar-refractivity contribution is 5.82. The standard InChI is InChI=1S/C10H18N2O/c1-4-6-12-7-5-11-8-10(2,3)9(12)13/h4,11H,1,5-8H2,2-3H3. The number of amides is 1. The van der Waals surface area contributed by atoms with Gasteiger partial charge in [0.25, 0.3) is 0 Å². The average Bonchev–Trinajstić information content (AvgIpc) is 2.18. The Morgan fingerprint density at radius 2 is 2.38 bits per heavy atom. The van der Waals surface area contributed by atoms with Gasteiger partial charge in [0.05, 0.1) is 5.41 Å². The van der Waals surface area contributed by atoms with Crippen molar-refractivity contribution in [3.8, 4) is 0 Å². The summed E-state index contributed by atoms with van der Waals surface area (Å²) >= 11 is 0. The first-order valence-corrected chi connectivity index (χ1v) is 4.69. The van der Waals surface area contributed by atoms with Crippen molar-refractivity contribution in [1.82, 2.24) is 10.2 Å². The molecular weight excluding hydrogens is 164 g/mol. The fraction of sp³-hybridized carbons (Fsp3) is 0.700. The van der Waals surface area contributed by atoms with Crippen molar-refractivity contribution in [2.75, 3.05) is 26.2 Å². The van der Waals surface area contributed by atoms with E-state index in [1.54, 1.807) is 6.08 Å². The van der Waals surface area contributed by atoms with Gasteiger partial charge in [-0.15, -0.1) is 6.58 Å². The Hall–Kier alpha value is -0.830. The minimum atomic E-state index is -0.278. The summed E-state index contributed by atoms with van der Waals surface area (Å²) in [4.78, 5) is 13.7. The molecule has 1 rings (SSSR count). The van der Waals surface area contributed by atoms with Crippen molar-refractivity contribution in [3.63, 3.8) is 0 Å². The zero-order valence-electron chi connectivity index (χ0n) is 8.47. The van der Waals surface area contributed by atoms with Gasteiger partial charge in [-0.25, -0.2) is 0 Å². The third kappa shape index (κ3) is 2.31. The van der Waals surface area contributed by atoms with Crippen LogP contribution in [0.4, 0.5) is 0 Å². The minimum absolute atomic E-state index is 0.220. The van der Waals surface area contributed by atoms with Gasteiger partial charge in [-0.1, -0.05) is 6.08 Å². The summed E-state index contributed by atoms with van der Waals surface area (Å²) in [6.45, 7) is 10.7. The molecule has 0 aromatic carbocycles. The highest BCUT2D eigenvalue weighted by Crippen LogP contribution is 2.19. The van der Waals surface area contributed by atoms with Crippen molar-refractivity contribution >= 4 is 5.91 Å². The average molecular weight is 182 g/mol. The Kier molecular flexibility index (Phi) is 3.09. The fourth-order valence-electron chi connectivity index (χ4n) is 1.55. The van der Waals surface area contributed by atoms with Gasteiger partial charge in [0.2, 0.25) is 5.91 Å². The van der Waals surface area contributed by atoms with E-state index in [9.17, 15) is 4.79 Å². The van der Waals surface area contributed by atoms with Crippen LogP contribution in [-0.4, -0.2) is 37.0 Å². The molecule has 0 radical (unpaired) electrons. The molecule has 0 aliphatic carbocycles. The molecule has 13 heavy (non-hydrogen) atoms. The van der Waals surface area contributed by atoms with Crippen LogP contribution in [-0.2, 0) is 4.79 Å². The maximum atomic E-state index is 11.9. The second kappa shape index (κ2) is 3.92. The van der Waals surface area contributed by atoms with Gasteiger partial charge >= 0.3 is 0 Å². The lowest BCUT2D eigenvalue weighted by atomic mass is 9.92. The van der Waals surface area contributed by atoms with Gasteiger partial charge in [0.15, 0.2) is 0 Å². The van der Waals surface area contributed by atoms with E-state index in [1.807, 2.05) is 18.7 Å². The second-order valence-electron chi connectivity index (χ2n) is 4.10. The topological polar surface area (TPSA) is 32.3 Å². The Balaban J connectivity index is 2.73. The van der Waals surface area contributed by atoms with Gasteiger partial charge in [-0.3, -0.25) is 4.79 Å². The summed E-state index contributed by atoms with van der Waals surface area (Å²) in [7, 11) is 0. The van der Waals surface area contributed by atoms with Gasteiger partial charge < -0.3 is 10.2 Å². The zero-order chi connectivity index (χ0) is 9.90. The van der Waals surface area contributed by atoms with Crippen molar-refractivity contribution < 1.29 is 4.79 Å². The van der Waals surface area contributed by atoms with Crippen LogP contribution in [0.5, 0.6) is 0 Å². The molecule has 74 valence electrons. The lowest BCUT2D eigenvalue weighted by Crippen LogP contribution is -2.41. The molecule has 1 aliphatic heterocycles. The Labute approximate surface area is 79.8 Å². The first kappa shape index (κ1) is 10.3. The Morgan fingerprint density at radius 3 is 3.00 bits per heavy atom. The summed E-state index contributed by atoms with van der Waals surface area (Å²) in [5.41, 5.74) is -0.278. The van der Waals surface area contributed by atoms with Gasteiger partial charge in [-0.05, 0) is 13.8 Å². The van der Waals surface area contributed by atoms with E-state index in [-0.39, 0.29) is 11.3 Å². The number of nitrogens with one attached hydrogen (secondary N) is 1. The van der Waals surface area contributed by atoms with E-state index in [4.69, 9.17) is 0 Å². The summed E-state index contributed by atoms with van der Waals surface area (Å²) in [6.07, 6.45) is 1.78. The van der Waals surface area contributed by atoms with Crippen LogP contribution < -0.4 is 5.32 Å². The molecule has 3 heteroatoms. The molecule has 0 bridgehead atoms. The number of carbonyl (C=O) groups is 1. The summed E-state index contributed by atoms with van der Waals surface area (Å²) in [5.74, 6) is 0.220. The van der Waals surface area contributed by atoms with Crippen molar-refractivity contribution in [2.45, 2.75) is 13.8 Å². The fourth-order valence-corrected chi connectivity index (χ4v) is 1.55. The van der Waals surface area contributed by atoms with E-state index in [0.717, 1.165) is 19.6 Å². The largest absolute Gasteiger partial charge is 0.337 e. The molecule has 1 amide bonds. The molecule has 3 nitrogen and oxygen atoms in total. The number of nitrogens with zero attached hydrogens (tertiary/aromatic N) is 1. The van der Waals surface area contributed by atoms with Crippen molar-refractivity contribution in [2.24, 2.45) is 5.41 Å². The highest BCUT2D eigenvalue weighted by Gasteiger charge is 2.32. The van der Waals surface area contributed by atoms with Crippen LogP contribution in [0.2, 0.25) is 0 Å². The van der Waals surface area contributed by atoms with Gasteiger partial charge in [-0.2, -0.15) is 0 Å². The van der Waals surface area contributed by atoms with Crippen LogP contribution in [0.25, 0.3) is 0 Å². The monoisotopic (exact) mass is 182 g/mol. The van der Waals surface area contributed by atoms with Gasteiger partial charge in [0.1, 0.15) is 0 Å². The quantitative estimate of drug-likeness (QED) is 0.635. The van der Waals surface area contributed by atoms with Crippen molar-refractivity contribution in [1.29, 1.82) is 0 Å². The zero-order valence-corrected chi connectivity index (χ0v) is 8.47. The third-order valence-corrected chi connectivity index (χ3v) is 2.34. The lowest BCUT2D eigenvalue weighted by molar-refractivity contribution is -0.138. The van der Waals surface area contributed by atoms with Crippen LogP contribution in [0.15, 0.2) is 12.7 Å². The van der Waals surface area contributed by atoms with Crippen LogP contribution in [0, 0.1) is 5.41 Å². The van der Waals surface area contributed by atoms with Crippen LogP contribution in [0.1, 0.15) is 13.8 Å². The molecule has 0 atom stereocenters. The number of carbonyl (C=O) groups excluding carboxylic acids is 1. The molecule has 0 saturated carbocycles. The normalized spacial score (nSPS) is 22.6. The Morgan fingerprint density at radius 1 is 1.69 bits per heavy atom. The molecule has 1 fully saturated rings. The Bertz CT molecular complexity index is 211. The summed E-state index contributed by atoms with van der Waals surface area (Å²) in [6, 6.07) is 0. The third-order valence-electron chi connectivity index (χ3n) is 2.34. The smallest absolute Gasteiger partial charge is 0.229 e. The maximum Gasteiger partial charge on any atom is 0.229 e. The second-order valence-corrected chi connectivity index (χ2v) is 4.10. The molecule has 1 saturated heterocycles. The molecule has 0 spiro atoms. The van der Waals surface area contributed by atoms with E-state index in [2.05, 4.69) is 11.9 Å².